The molecule has 3 aromatic rings. The minimum absolute atomic E-state index is 0.0459. The van der Waals surface area contributed by atoms with Crippen LogP contribution in [0.2, 0.25) is 0 Å². The molecule has 1 heterocycles. The van der Waals surface area contributed by atoms with Gasteiger partial charge in [-0.2, -0.15) is 0 Å². The van der Waals surface area contributed by atoms with Crippen LogP contribution in [0, 0.1) is 5.82 Å². The minimum Gasteiger partial charge on any atom is -0.326 e. The predicted molar refractivity (Wildman–Crippen MR) is 122 cm³/mol. The highest BCUT2D eigenvalue weighted by Crippen LogP contribution is 2.40. The number of nitrogens with zero attached hydrogens (tertiary/aromatic N) is 1. The van der Waals surface area contributed by atoms with Crippen LogP contribution in [0.25, 0.3) is 5.57 Å². The highest BCUT2D eigenvalue weighted by atomic mass is 32.2. The van der Waals surface area contributed by atoms with Gasteiger partial charge in [0.1, 0.15) is 5.82 Å². The van der Waals surface area contributed by atoms with Crippen LogP contribution in [0.5, 0.6) is 0 Å². The number of halogens is 1. The van der Waals surface area contributed by atoms with Crippen LogP contribution in [-0.2, 0) is 20.9 Å². The zero-order valence-electron chi connectivity index (χ0n) is 17.2. The van der Waals surface area contributed by atoms with Gasteiger partial charge in [0, 0.05) is 17.5 Å². The van der Waals surface area contributed by atoms with Crippen LogP contribution < -0.4 is 5.32 Å². The van der Waals surface area contributed by atoms with E-state index in [4.69, 9.17) is 0 Å². The van der Waals surface area contributed by atoms with E-state index in [-0.39, 0.29) is 18.3 Å². The number of carbonyl (C=O) groups is 3. The molecule has 7 heteroatoms. The van der Waals surface area contributed by atoms with E-state index in [1.165, 1.54) is 35.7 Å². The first-order chi connectivity index (χ1) is 15.4. The van der Waals surface area contributed by atoms with Crippen molar-refractivity contribution < 1.29 is 18.8 Å². The lowest BCUT2D eigenvalue weighted by Crippen LogP contribution is -2.30. The van der Waals surface area contributed by atoms with Gasteiger partial charge in [0.25, 0.3) is 11.8 Å². The molecule has 0 bridgehead atoms. The number of nitrogens with one attached hydrogen (secondary N) is 1. The SMILES string of the molecule is CC(=O)Nc1ccc(C2=C(Sc3ccccc3)C(=O)N(Cc3ccc(F)cc3)C2=O)cc1. The van der Waals surface area contributed by atoms with Gasteiger partial charge in [0.05, 0.1) is 17.0 Å². The molecule has 3 aromatic carbocycles. The first kappa shape index (κ1) is 21.5. The molecule has 1 aliphatic heterocycles. The Labute approximate surface area is 188 Å². The summed E-state index contributed by atoms with van der Waals surface area (Å²) in [5, 5.41) is 2.69. The average Bonchev–Trinajstić information content (AvgIpc) is 3.00. The number of hydrogen-bond donors (Lipinski definition) is 1. The Balaban J connectivity index is 1.70. The maximum atomic E-state index is 13.3. The molecular formula is C25H19FN2O3S. The Morgan fingerprint density at radius 1 is 0.906 bits per heavy atom. The molecule has 4 rings (SSSR count). The van der Waals surface area contributed by atoms with Crippen molar-refractivity contribution in [3.63, 3.8) is 0 Å². The molecule has 0 fully saturated rings. The normalized spacial score (nSPS) is 13.6. The molecule has 32 heavy (non-hydrogen) atoms. The molecule has 1 N–H and O–H groups in total. The third kappa shape index (κ3) is 4.63. The third-order valence-corrected chi connectivity index (χ3v) is 5.93. The summed E-state index contributed by atoms with van der Waals surface area (Å²) in [6.07, 6.45) is 0. The van der Waals surface area contributed by atoms with Gasteiger partial charge in [0.2, 0.25) is 5.91 Å². The van der Waals surface area contributed by atoms with Crippen molar-refractivity contribution in [2.75, 3.05) is 5.32 Å². The highest BCUT2D eigenvalue weighted by molar-refractivity contribution is 8.04. The molecule has 3 amide bonds. The lowest BCUT2D eigenvalue weighted by Gasteiger charge is -2.15. The second-order valence-corrected chi connectivity index (χ2v) is 8.28. The first-order valence-electron chi connectivity index (χ1n) is 9.88. The summed E-state index contributed by atoms with van der Waals surface area (Å²) in [6, 6.07) is 21.9. The molecule has 1 aliphatic rings. The number of rotatable bonds is 6. The Hall–Kier alpha value is -3.71. The molecule has 0 saturated carbocycles. The second kappa shape index (κ2) is 9.20. The van der Waals surface area contributed by atoms with E-state index < -0.39 is 11.8 Å². The Morgan fingerprint density at radius 2 is 1.56 bits per heavy atom. The zero-order chi connectivity index (χ0) is 22.7. The van der Waals surface area contributed by atoms with Crippen LogP contribution in [0.15, 0.2) is 88.7 Å². The third-order valence-electron chi connectivity index (χ3n) is 4.84. The van der Waals surface area contributed by atoms with Crippen molar-refractivity contribution in [2.24, 2.45) is 0 Å². The number of hydrogen-bond acceptors (Lipinski definition) is 4. The summed E-state index contributed by atoms with van der Waals surface area (Å²) in [5.41, 5.74) is 2.14. The Bertz CT molecular complexity index is 1210. The molecule has 160 valence electrons. The maximum Gasteiger partial charge on any atom is 0.268 e. The molecule has 5 nitrogen and oxygen atoms in total. The van der Waals surface area contributed by atoms with E-state index in [9.17, 15) is 18.8 Å². The van der Waals surface area contributed by atoms with Crippen LogP contribution >= 0.6 is 11.8 Å². The summed E-state index contributed by atoms with van der Waals surface area (Å²) in [6.45, 7) is 1.46. The predicted octanol–water partition coefficient (Wildman–Crippen LogP) is 4.86. The first-order valence-corrected chi connectivity index (χ1v) is 10.7. The molecule has 0 atom stereocenters. The van der Waals surface area contributed by atoms with E-state index in [0.717, 1.165) is 4.90 Å². The van der Waals surface area contributed by atoms with E-state index in [1.807, 2.05) is 30.3 Å². The summed E-state index contributed by atoms with van der Waals surface area (Å²) >= 11 is 1.24. The van der Waals surface area contributed by atoms with Gasteiger partial charge in [-0.25, -0.2) is 4.39 Å². The van der Waals surface area contributed by atoms with Crippen LogP contribution in [0.3, 0.4) is 0 Å². The molecular weight excluding hydrogens is 427 g/mol. The molecule has 0 radical (unpaired) electrons. The number of benzene rings is 3. The molecule has 0 unspecified atom stereocenters. The lowest BCUT2D eigenvalue weighted by molar-refractivity contribution is -0.137. The van der Waals surface area contributed by atoms with Crippen molar-refractivity contribution in [3.05, 3.63) is 101 Å². The maximum absolute atomic E-state index is 13.3. The summed E-state index contributed by atoms with van der Waals surface area (Å²) in [4.78, 5) is 40.3. The summed E-state index contributed by atoms with van der Waals surface area (Å²) in [7, 11) is 0. The standard InChI is InChI=1S/C25H19FN2O3S/c1-16(29)27-20-13-9-18(10-14-20)22-23(32-21-5-3-2-4-6-21)25(31)28(24(22)30)15-17-7-11-19(26)12-8-17/h2-14H,15H2,1H3,(H,27,29). The van der Waals surface area contributed by atoms with Crippen molar-refractivity contribution in [1.29, 1.82) is 0 Å². The number of anilines is 1. The smallest absolute Gasteiger partial charge is 0.268 e. The summed E-state index contributed by atoms with van der Waals surface area (Å²) in [5.74, 6) is -1.39. The zero-order valence-corrected chi connectivity index (χ0v) is 18.0. The largest absolute Gasteiger partial charge is 0.326 e. The minimum atomic E-state index is -0.412. The van der Waals surface area contributed by atoms with Gasteiger partial charge in [-0.3, -0.25) is 19.3 Å². The Kier molecular flexibility index (Phi) is 6.18. The molecule has 0 aliphatic carbocycles. The van der Waals surface area contributed by atoms with Gasteiger partial charge in [-0.05, 0) is 47.5 Å². The van der Waals surface area contributed by atoms with Gasteiger partial charge in [-0.15, -0.1) is 0 Å². The fourth-order valence-corrected chi connectivity index (χ4v) is 4.38. The van der Waals surface area contributed by atoms with Crippen molar-refractivity contribution in [2.45, 2.75) is 18.4 Å². The van der Waals surface area contributed by atoms with Crippen LogP contribution in [-0.4, -0.2) is 22.6 Å². The van der Waals surface area contributed by atoms with Crippen molar-refractivity contribution >= 4 is 40.7 Å². The number of carbonyl (C=O) groups excluding carboxylic acids is 3. The molecule has 0 spiro atoms. The van der Waals surface area contributed by atoms with Crippen molar-refractivity contribution in [3.8, 4) is 0 Å². The van der Waals surface area contributed by atoms with Crippen LogP contribution in [0.4, 0.5) is 10.1 Å². The molecule has 0 aromatic heterocycles. The van der Waals surface area contributed by atoms with E-state index in [1.54, 1.807) is 36.4 Å². The van der Waals surface area contributed by atoms with E-state index in [0.29, 0.717) is 27.3 Å². The second-order valence-electron chi connectivity index (χ2n) is 7.20. The monoisotopic (exact) mass is 446 g/mol. The fraction of sp³-hybridized carbons (Fsp3) is 0.0800. The fourth-order valence-electron chi connectivity index (χ4n) is 3.35. The van der Waals surface area contributed by atoms with E-state index in [2.05, 4.69) is 5.32 Å². The lowest BCUT2D eigenvalue weighted by atomic mass is 10.1. The van der Waals surface area contributed by atoms with Gasteiger partial charge in [0.15, 0.2) is 0 Å². The summed E-state index contributed by atoms with van der Waals surface area (Å²) < 4.78 is 13.3. The van der Waals surface area contributed by atoms with Gasteiger partial charge < -0.3 is 5.32 Å². The number of imide groups is 1. The van der Waals surface area contributed by atoms with Gasteiger partial charge >= 0.3 is 0 Å². The average molecular weight is 447 g/mol. The van der Waals surface area contributed by atoms with Crippen LogP contribution in [0.1, 0.15) is 18.1 Å². The Morgan fingerprint density at radius 3 is 2.19 bits per heavy atom. The number of amides is 3. The highest BCUT2D eigenvalue weighted by Gasteiger charge is 2.39. The van der Waals surface area contributed by atoms with Crippen molar-refractivity contribution in [1.82, 2.24) is 4.90 Å². The number of thioether (sulfide) groups is 1. The van der Waals surface area contributed by atoms with E-state index >= 15 is 0 Å². The molecule has 0 saturated heterocycles. The topological polar surface area (TPSA) is 66.5 Å². The quantitative estimate of drug-likeness (QED) is 0.550. The van der Waals surface area contributed by atoms with Gasteiger partial charge in [-0.1, -0.05) is 54.2 Å².